The Morgan fingerprint density at radius 1 is 1.16 bits per heavy atom. The minimum absolute atomic E-state index is 0.0710. The number of ether oxygens (including phenoxy) is 1. The molecule has 1 aromatic carbocycles. The molecule has 130 valence electrons. The van der Waals surface area contributed by atoms with Crippen LogP contribution in [0.15, 0.2) is 42.6 Å². The summed E-state index contributed by atoms with van der Waals surface area (Å²) in [5.41, 5.74) is 2.61. The Hall–Kier alpha value is -2.89. The molecule has 0 bridgehead atoms. The minimum atomic E-state index is -0.267. The van der Waals surface area contributed by atoms with Crippen molar-refractivity contribution in [1.82, 2.24) is 14.6 Å². The van der Waals surface area contributed by atoms with Crippen LogP contribution in [0.5, 0.6) is 5.75 Å². The average molecular weight is 338 g/mol. The Labute approximate surface area is 146 Å². The SMILES string of the molecule is CCOc1ccc(NC(=O)c2ccc3nc(C(C)(C)C)cn3n2)cc1. The number of carbonyl (C=O) groups excluding carboxylic acids is 1. The van der Waals surface area contributed by atoms with E-state index < -0.39 is 0 Å². The highest BCUT2D eigenvalue weighted by atomic mass is 16.5. The van der Waals surface area contributed by atoms with Crippen LogP contribution in [-0.2, 0) is 5.41 Å². The Morgan fingerprint density at radius 3 is 2.52 bits per heavy atom. The van der Waals surface area contributed by atoms with Gasteiger partial charge in [0.1, 0.15) is 11.4 Å². The van der Waals surface area contributed by atoms with E-state index in [1.54, 1.807) is 28.8 Å². The number of benzene rings is 1. The summed E-state index contributed by atoms with van der Waals surface area (Å²) < 4.78 is 7.04. The molecule has 0 saturated heterocycles. The summed E-state index contributed by atoms with van der Waals surface area (Å²) in [6, 6.07) is 10.7. The van der Waals surface area contributed by atoms with Crippen molar-refractivity contribution < 1.29 is 9.53 Å². The number of fused-ring (bicyclic) bond motifs is 1. The zero-order chi connectivity index (χ0) is 18.0. The normalized spacial score (nSPS) is 11.5. The van der Waals surface area contributed by atoms with Crippen molar-refractivity contribution in [3.05, 3.63) is 54.0 Å². The molecule has 0 spiro atoms. The van der Waals surface area contributed by atoms with Gasteiger partial charge in [-0.15, -0.1) is 0 Å². The van der Waals surface area contributed by atoms with Crippen LogP contribution in [-0.4, -0.2) is 27.1 Å². The molecular formula is C19H22N4O2. The predicted molar refractivity (Wildman–Crippen MR) is 97.3 cm³/mol. The van der Waals surface area contributed by atoms with Gasteiger partial charge in [0.2, 0.25) is 0 Å². The number of nitrogens with one attached hydrogen (secondary N) is 1. The molecule has 25 heavy (non-hydrogen) atoms. The van der Waals surface area contributed by atoms with E-state index in [0.29, 0.717) is 18.0 Å². The highest BCUT2D eigenvalue weighted by Gasteiger charge is 2.18. The standard InChI is InChI=1S/C19H22N4O2/c1-5-25-14-8-6-13(7-9-14)20-18(24)15-10-11-17-21-16(19(2,3)4)12-23(17)22-15/h6-12H,5H2,1-4H3,(H,20,24). The maximum Gasteiger partial charge on any atom is 0.276 e. The molecule has 3 aromatic rings. The van der Waals surface area contributed by atoms with Gasteiger partial charge in [-0.3, -0.25) is 4.79 Å². The van der Waals surface area contributed by atoms with Crippen LogP contribution in [0.25, 0.3) is 5.65 Å². The molecule has 0 aliphatic heterocycles. The Bertz CT molecular complexity index is 892. The number of imidazole rings is 1. The summed E-state index contributed by atoms with van der Waals surface area (Å²) in [7, 11) is 0. The largest absolute Gasteiger partial charge is 0.494 e. The van der Waals surface area contributed by atoms with Crippen molar-refractivity contribution in [2.45, 2.75) is 33.1 Å². The van der Waals surface area contributed by atoms with Crippen molar-refractivity contribution in [2.75, 3.05) is 11.9 Å². The molecular weight excluding hydrogens is 316 g/mol. The number of hydrogen-bond donors (Lipinski definition) is 1. The fraction of sp³-hybridized carbons (Fsp3) is 0.316. The van der Waals surface area contributed by atoms with Gasteiger partial charge in [0.05, 0.1) is 18.5 Å². The van der Waals surface area contributed by atoms with Crippen LogP contribution in [0.1, 0.15) is 43.9 Å². The van der Waals surface area contributed by atoms with Crippen molar-refractivity contribution in [2.24, 2.45) is 0 Å². The maximum atomic E-state index is 12.4. The molecule has 2 aromatic heterocycles. The van der Waals surface area contributed by atoms with Crippen molar-refractivity contribution in [3.8, 4) is 5.75 Å². The summed E-state index contributed by atoms with van der Waals surface area (Å²) in [4.78, 5) is 17.0. The molecule has 0 atom stereocenters. The van der Waals surface area contributed by atoms with Crippen molar-refractivity contribution in [1.29, 1.82) is 0 Å². The summed E-state index contributed by atoms with van der Waals surface area (Å²) in [6.07, 6.45) is 1.86. The number of anilines is 1. The van der Waals surface area contributed by atoms with Gasteiger partial charge in [0, 0.05) is 11.1 Å². The number of amides is 1. The lowest BCUT2D eigenvalue weighted by molar-refractivity contribution is 0.102. The lowest BCUT2D eigenvalue weighted by Gasteiger charge is -2.13. The van der Waals surface area contributed by atoms with Gasteiger partial charge in [-0.1, -0.05) is 20.8 Å². The first kappa shape index (κ1) is 17.0. The van der Waals surface area contributed by atoms with E-state index in [2.05, 4.69) is 36.2 Å². The Kier molecular flexibility index (Phi) is 4.44. The number of carbonyl (C=O) groups is 1. The topological polar surface area (TPSA) is 68.5 Å². The third-order valence-corrected chi connectivity index (χ3v) is 3.74. The first-order valence-electron chi connectivity index (χ1n) is 8.28. The van der Waals surface area contributed by atoms with Crippen LogP contribution < -0.4 is 10.1 Å². The van der Waals surface area contributed by atoms with Gasteiger partial charge in [0.25, 0.3) is 5.91 Å². The van der Waals surface area contributed by atoms with Crippen molar-refractivity contribution in [3.63, 3.8) is 0 Å². The number of nitrogens with zero attached hydrogens (tertiary/aromatic N) is 3. The summed E-state index contributed by atoms with van der Waals surface area (Å²) in [5, 5.41) is 7.21. The van der Waals surface area contributed by atoms with Crippen LogP contribution in [0.3, 0.4) is 0 Å². The highest BCUT2D eigenvalue weighted by Crippen LogP contribution is 2.21. The first-order chi connectivity index (χ1) is 11.9. The van der Waals surface area contributed by atoms with Gasteiger partial charge in [-0.2, -0.15) is 5.10 Å². The number of aromatic nitrogens is 3. The van der Waals surface area contributed by atoms with E-state index in [1.165, 1.54) is 0 Å². The Morgan fingerprint density at radius 2 is 1.88 bits per heavy atom. The smallest absolute Gasteiger partial charge is 0.276 e. The number of hydrogen-bond acceptors (Lipinski definition) is 4. The molecule has 6 heteroatoms. The molecule has 1 N–H and O–H groups in total. The first-order valence-corrected chi connectivity index (χ1v) is 8.28. The van der Waals surface area contributed by atoms with E-state index in [4.69, 9.17) is 4.74 Å². The molecule has 0 fully saturated rings. The van der Waals surface area contributed by atoms with Gasteiger partial charge >= 0.3 is 0 Å². The molecule has 0 saturated carbocycles. The van der Waals surface area contributed by atoms with Gasteiger partial charge in [-0.05, 0) is 43.3 Å². The summed E-state index contributed by atoms with van der Waals surface area (Å²) in [5.74, 6) is 0.505. The molecule has 0 aliphatic carbocycles. The van der Waals surface area contributed by atoms with Crippen LogP contribution >= 0.6 is 0 Å². The van der Waals surface area contributed by atoms with E-state index in [1.807, 2.05) is 25.3 Å². The van der Waals surface area contributed by atoms with E-state index in [-0.39, 0.29) is 11.3 Å². The zero-order valence-corrected chi connectivity index (χ0v) is 14.9. The molecule has 6 nitrogen and oxygen atoms in total. The molecule has 0 unspecified atom stereocenters. The lowest BCUT2D eigenvalue weighted by Crippen LogP contribution is -2.15. The van der Waals surface area contributed by atoms with E-state index in [0.717, 1.165) is 17.1 Å². The maximum absolute atomic E-state index is 12.4. The second kappa shape index (κ2) is 6.55. The molecule has 1 amide bonds. The monoisotopic (exact) mass is 338 g/mol. The van der Waals surface area contributed by atoms with Crippen LogP contribution in [0.2, 0.25) is 0 Å². The van der Waals surface area contributed by atoms with Gasteiger partial charge < -0.3 is 10.1 Å². The average Bonchev–Trinajstić information content (AvgIpc) is 3.00. The number of rotatable bonds is 4. The molecule has 0 aliphatic rings. The lowest BCUT2D eigenvalue weighted by atomic mass is 9.93. The Balaban J connectivity index is 1.79. The summed E-state index contributed by atoms with van der Waals surface area (Å²) in [6.45, 7) is 8.81. The van der Waals surface area contributed by atoms with Crippen LogP contribution in [0, 0.1) is 0 Å². The van der Waals surface area contributed by atoms with Gasteiger partial charge in [-0.25, -0.2) is 9.50 Å². The zero-order valence-electron chi connectivity index (χ0n) is 14.9. The fourth-order valence-electron chi connectivity index (χ4n) is 2.36. The minimum Gasteiger partial charge on any atom is -0.494 e. The van der Waals surface area contributed by atoms with Crippen molar-refractivity contribution >= 4 is 17.2 Å². The molecule has 0 radical (unpaired) electrons. The molecule has 2 heterocycles. The quantitative estimate of drug-likeness (QED) is 0.788. The molecule has 3 rings (SSSR count). The van der Waals surface area contributed by atoms with E-state index >= 15 is 0 Å². The predicted octanol–water partition coefficient (Wildman–Crippen LogP) is 3.68. The second-order valence-electron chi connectivity index (χ2n) is 6.81. The highest BCUT2D eigenvalue weighted by molar-refractivity contribution is 6.02. The third kappa shape index (κ3) is 3.79. The van der Waals surface area contributed by atoms with Gasteiger partial charge in [0.15, 0.2) is 5.65 Å². The van der Waals surface area contributed by atoms with Crippen LogP contribution in [0.4, 0.5) is 5.69 Å². The third-order valence-electron chi connectivity index (χ3n) is 3.74. The summed E-state index contributed by atoms with van der Waals surface area (Å²) >= 11 is 0. The fourth-order valence-corrected chi connectivity index (χ4v) is 2.36. The van der Waals surface area contributed by atoms with E-state index in [9.17, 15) is 4.79 Å². The second-order valence-corrected chi connectivity index (χ2v) is 6.81.